The molecule has 42 heavy (non-hydrogen) atoms. The molecule has 6 rings (SSSR count). The number of benzene rings is 2. The van der Waals surface area contributed by atoms with Crippen LogP contribution in [0.2, 0.25) is 0 Å². The molecule has 0 spiro atoms. The molecule has 0 aliphatic carbocycles. The second-order valence-corrected chi connectivity index (χ2v) is 12.0. The second-order valence-electron chi connectivity index (χ2n) is 11.0. The van der Waals surface area contributed by atoms with Crippen LogP contribution >= 0.6 is 0 Å². The summed E-state index contributed by atoms with van der Waals surface area (Å²) in [5, 5.41) is 2.09. The zero-order valence-electron chi connectivity index (χ0n) is 23.5. The summed E-state index contributed by atoms with van der Waals surface area (Å²) in [5.41, 5.74) is 5.27. The van der Waals surface area contributed by atoms with Crippen LogP contribution in [-0.4, -0.2) is 48.0 Å². The summed E-state index contributed by atoms with van der Waals surface area (Å²) >= 11 is 0. The van der Waals surface area contributed by atoms with E-state index in [1.54, 1.807) is 6.20 Å². The summed E-state index contributed by atoms with van der Waals surface area (Å²) in [4.78, 5) is 24.2. The number of piperidine rings is 1. The average Bonchev–Trinajstić information content (AvgIpc) is 3.34. The van der Waals surface area contributed by atoms with Gasteiger partial charge in [-0.2, -0.15) is 8.42 Å². The van der Waals surface area contributed by atoms with Gasteiger partial charge >= 0.3 is 10.5 Å². The van der Waals surface area contributed by atoms with E-state index >= 15 is 0 Å². The van der Waals surface area contributed by atoms with Gasteiger partial charge in [0.15, 0.2) is 11.2 Å². The zero-order chi connectivity index (χ0) is 29.6. The second kappa shape index (κ2) is 10.9. The van der Waals surface area contributed by atoms with E-state index in [1.165, 1.54) is 6.07 Å². The van der Waals surface area contributed by atoms with Crippen LogP contribution in [0.15, 0.2) is 53.6 Å². The zero-order valence-corrected chi connectivity index (χ0v) is 24.3. The summed E-state index contributed by atoms with van der Waals surface area (Å²) in [6.07, 6.45) is 12.7. The van der Waals surface area contributed by atoms with Crippen molar-refractivity contribution in [3.8, 4) is 29.2 Å². The van der Waals surface area contributed by atoms with Crippen LogP contribution in [0.3, 0.4) is 0 Å². The molecule has 2 aromatic carbocycles. The maximum Gasteiger partial charge on any atom is 0.488 e. The SMILES string of the molecule is C#Cc1ccc2c(c1)[nH]c1c2c(=O)c2cc(CCCC)c(-c3cncc(OS(=O)(=O)F)c3)cc2n1C1CCN(C)CC1. The number of nitrogens with one attached hydrogen (secondary N) is 1. The minimum Gasteiger partial charge on any atom is -0.357 e. The summed E-state index contributed by atoms with van der Waals surface area (Å²) in [5.74, 6) is 2.45. The first-order chi connectivity index (χ1) is 20.2. The minimum atomic E-state index is -5.21. The number of pyridine rings is 2. The summed E-state index contributed by atoms with van der Waals surface area (Å²) in [6.45, 7) is 3.93. The van der Waals surface area contributed by atoms with Crippen LogP contribution in [0, 0.1) is 12.3 Å². The van der Waals surface area contributed by atoms with Crippen LogP contribution in [0.5, 0.6) is 5.75 Å². The Kier molecular flexibility index (Phi) is 7.25. The summed E-state index contributed by atoms with van der Waals surface area (Å²) in [6, 6.07) is 11.2. The summed E-state index contributed by atoms with van der Waals surface area (Å²) in [7, 11) is -3.11. The van der Waals surface area contributed by atoms with Crippen molar-refractivity contribution < 1.29 is 16.5 Å². The number of terminal acetylenes is 1. The molecule has 1 N–H and O–H groups in total. The molecule has 10 heteroatoms. The van der Waals surface area contributed by atoms with Crippen LogP contribution in [-0.2, 0) is 16.9 Å². The standard InChI is InChI=1S/C32H31FN4O4S/c1-4-6-7-21-16-27-29(17-26(21)22-15-24(19-34-18-22)41-42(33,39)40)37(23-10-12-36(3)13-11-23)32-30(31(27)38)25-9-8-20(5-2)14-28(25)35-32/h2,8-9,14-19,23,35H,4,6-7,10-13H2,1,3H3. The highest BCUT2D eigenvalue weighted by Gasteiger charge is 2.25. The molecule has 1 aliphatic rings. The molecular weight excluding hydrogens is 555 g/mol. The Bertz CT molecular complexity index is 2050. The molecule has 5 aromatic rings. The van der Waals surface area contributed by atoms with E-state index in [0.29, 0.717) is 22.8 Å². The normalized spacial score (nSPS) is 15.0. The van der Waals surface area contributed by atoms with Crippen molar-refractivity contribution in [2.75, 3.05) is 20.1 Å². The van der Waals surface area contributed by atoms with Gasteiger partial charge in [0.25, 0.3) is 0 Å². The molecule has 1 fully saturated rings. The number of aromatic amines is 1. The number of aromatic nitrogens is 3. The van der Waals surface area contributed by atoms with Crippen molar-refractivity contribution >= 4 is 43.3 Å². The Labute approximate surface area is 243 Å². The van der Waals surface area contributed by atoms with Crippen LogP contribution in [0.1, 0.15) is 49.8 Å². The largest absolute Gasteiger partial charge is 0.488 e. The number of H-pyrrole nitrogens is 1. The van der Waals surface area contributed by atoms with Gasteiger partial charge < -0.3 is 18.6 Å². The van der Waals surface area contributed by atoms with Crippen molar-refractivity contribution in [1.82, 2.24) is 19.4 Å². The van der Waals surface area contributed by atoms with E-state index in [0.717, 1.165) is 83.7 Å². The average molecular weight is 587 g/mol. The van der Waals surface area contributed by atoms with E-state index in [9.17, 15) is 17.1 Å². The highest BCUT2D eigenvalue weighted by molar-refractivity contribution is 7.81. The minimum absolute atomic E-state index is 0.0630. The van der Waals surface area contributed by atoms with Crippen molar-refractivity contribution in [1.29, 1.82) is 0 Å². The molecule has 8 nitrogen and oxygen atoms in total. The van der Waals surface area contributed by atoms with Gasteiger partial charge in [-0.15, -0.1) is 6.42 Å². The first-order valence-corrected chi connectivity index (χ1v) is 15.4. The lowest BCUT2D eigenvalue weighted by Crippen LogP contribution is -2.32. The fraction of sp³-hybridized carbons (Fsp3) is 0.312. The number of unbranched alkanes of at least 4 members (excludes halogenated alkanes) is 1. The fourth-order valence-corrected chi connectivity index (χ4v) is 6.48. The number of hydrogen-bond donors (Lipinski definition) is 1. The molecule has 0 amide bonds. The van der Waals surface area contributed by atoms with Crippen LogP contribution in [0.4, 0.5) is 3.89 Å². The van der Waals surface area contributed by atoms with E-state index in [-0.39, 0.29) is 17.2 Å². The smallest absolute Gasteiger partial charge is 0.357 e. The molecule has 0 unspecified atom stereocenters. The van der Waals surface area contributed by atoms with Gasteiger partial charge in [-0.1, -0.05) is 29.2 Å². The number of fused-ring (bicyclic) bond motifs is 4. The molecule has 3 aromatic heterocycles. The Morgan fingerprint density at radius 1 is 1.14 bits per heavy atom. The van der Waals surface area contributed by atoms with Crippen molar-refractivity contribution in [3.05, 3.63) is 70.1 Å². The molecule has 4 heterocycles. The van der Waals surface area contributed by atoms with Gasteiger partial charge in [0.05, 0.1) is 17.1 Å². The van der Waals surface area contributed by atoms with Gasteiger partial charge in [-0.25, -0.2) is 0 Å². The first-order valence-electron chi connectivity index (χ1n) is 14.1. The quantitative estimate of drug-likeness (QED) is 0.189. The van der Waals surface area contributed by atoms with Crippen molar-refractivity contribution in [2.24, 2.45) is 0 Å². The third-order valence-corrected chi connectivity index (χ3v) is 8.60. The summed E-state index contributed by atoms with van der Waals surface area (Å²) < 4.78 is 42.4. The topological polar surface area (TPSA) is 97.3 Å². The highest BCUT2D eigenvalue weighted by atomic mass is 32.3. The number of likely N-dealkylation sites (tertiary alicyclic amines) is 1. The Balaban J connectivity index is 1.68. The monoisotopic (exact) mass is 586 g/mol. The lowest BCUT2D eigenvalue weighted by molar-refractivity contribution is 0.226. The molecule has 0 bridgehead atoms. The van der Waals surface area contributed by atoms with Gasteiger partial charge in [-0.05, 0) is 87.3 Å². The van der Waals surface area contributed by atoms with E-state index in [4.69, 9.17) is 6.42 Å². The number of aryl methyl sites for hydroxylation is 1. The van der Waals surface area contributed by atoms with E-state index in [1.807, 2.05) is 30.3 Å². The van der Waals surface area contributed by atoms with E-state index in [2.05, 4.69) is 43.5 Å². The number of rotatable bonds is 7. The molecule has 0 radical (unpaired) electrons. The van der Waals surface area contributed by atoms with Crippen molar-refractivity contribution in [3.63, 3.8) is 0 Å². The third-order valence-electron chi connectivity index (χ3n) is 8.21. The number of nitrogens with zero attached hydrogens (tertiary/aromatic N) is 3. The molecule has 1 saturated heterocycles. The van der Waals surface area contributed by atoms with E-state index < -0.39 is 10.5 Å². The Morgan fingerprint density at radius 2 is 1.93 bits per heavy atom. The number of halogens is 1. The van der Waals surface area contributed by atoms with Gasteiger partial charge in [0.1, 0.15) is 5.65 Å². The van der Waals surface area contributed by atoms with Gasteiger partial charge in [0.2, 0.25) is 0 Å². The molecular formula is C32H31FN4O4S. The lowest BCUT2D eigenvalue weighted by atomic mass is 9.93. The van der Waals surface area contributed by atoms with Crippen molar-refractivity contribution in [2.45, 2.75) is 45.1 Å². The third kappa shape index (κ3) is 5.14. The molecule has 1 aliphatic heterocycles. The Morgan fingerprint density at radius 3 is 2.64 bits per heavy atom. The predicted octanol–water partition coefficient (Wildman–Crippen LogP) is 5.88. The number of hydrogen-bond acceptors (Lipinski definition) is 6. The molecule has 216 valence electrons. The highest BCUT2D eigenvalue weighted by Crippen LogP contribution is 2.37. The maximum atomic E-state index is 14.3. The first kappa shape index (κ1) is 27.9. The molecule has 0 atom stereocenters. The predicted molar refractivity (Wildman–Crippen MR) is 164 cm³/mol. The molecule has 0 saturated carbocycles. The maximum absolute atomic E-state index is 14.3. The van der Waals surface area contributed by atoms with Gasteiger partial charge in [-0.3, -0.25) is 9.78 Å². The Hall–Kier alpha value is -4.20. The van der Waals surface area contributed by atoms with Crippen LogP contribution in [0.25, 0.3) is 44.0 Å². The fourth-order valence-electron chi connectivity index (χ4n) is 6.15. The lowest BCUT2D eigenvalue weighted by Gasteiger charge is -2.32. The van der Waals surface area contributed by atoms with Gasteiger partial charge in [0, 0.05) is 39.7 Å². The van der Waals surface area contributed by atoms with Crippen LogP contribution < -0.4 is 9.61 Å².